The van der Waals surface area contributed by atoms with Crippen molar-refractivity contribution in [2.75, 3.05) is 0 Å². The maximum atomic E-state index is 13.5. The second-order valence-electron chi connectivity index (χ2n) is 7.32. The van der Waals surface area contributed by atoms with Gasteiger partial charge in [-0.2, -0.15) is 0 Å². The van der Waals surface area contributed by atoms with E-state index in [2.05, 4.69) is 13.5 Å². The van der Waals surface area contributed by atoms with Crippen molar-refractivity contribution in [1.29, 1.82) is 0 Å². The summed E-state index contributed by atoms with van der Waals surface area (Å²) in [6.07, 6.45) is 13.5. The van der Waals surface area contributed by atoms with Crippen LogP contribution in [0.25, 0.3) is 0 Å². The summed E-state index contributed by atoms with van der Waals surface area (Å²) in [6, 6.07) is 0. The Bertz CT molecular complexity index is 431. The Morgan fingerprint density at radius 3 is 1.86 bits per heavy atom. The predicted octanol–water partition coefficient (Wildman–Crippen LogP) is 6.90. The van der Waals surface area contributed by atoms with E-state index in [4.69, 9.17) is 0 Å². The van der Waals surface area contributed by atoms with Crippen LogP contribution in [0.4, 0.5) is 8.78 Å². The number of hydrogen-bond donors (Lipinski definition) is 0. The van der Waals surface area contributed by atoms with Crippen LogP contribution in [0.5, 0.6) is 0 Å². The van der Waals surface area contributed by atoms with E-state index in [-0.39, 0.29) is 0 Å². The summed E-state index contributed by atoms with van der Waals surface area (Å²) in [5.74, 6) is 1.26. The molecule has 22 heavy (non-hydrogen) atoms. The molecule has 0 atom stereocenters. The smallest absolute Gasteiger partial charge is 0.158 e. The summed E-state index contributed by atoms with van der Waals surface area (Å²) >= 11 is 0. The lowest BCUT2D eigenvalue weighted by Crippen LogP contribution is -2.25. The Morgan fingerprint density at radius 2 is 1.41 bits per heavy atom. The van der Waals surface area contributed by atoms with Crippen molar-refractivity contribution >= 4 is 0 Å². The largest absolute Gasteiger partial charge is 0.204 e. The molecule has 124 valence electrons. The fraction of sp³-hybridized carbons (Fsp3) is 0.700. The van der Waals surface area contributed by atoms with E-state index in [0.717, 1.165) is 36.2 Å². The topological polar surface area (TPSA) is 0 Å². The average molecular weight is 308 g/mol. The summed E-state index contributed by atoms with van der Waals surface area (Å²) in [5.41, 5.74) is 0.937. The molecule has 0 aliphatic heterocycles. The molecular weight excluding hydrogens is 278 g/mol. The molecule has 2 rings (SSSR count). The van der Waals surface area contributed by atoms with Gasteiger partial charge in [0.25, 0.3) is 0 Å². The summed E-state index contributed by atoms with van der Waals surface area (Å²) in [7, 11) is 0. The molecule has 2 fully saturated rings. The van der Waals surface area contributed by atoms with Crippen molar-refractivity contribution in [2.45, 2.75) is 65.2 Å². The molecule has 2 saturated carbocycles. The van der Waals surface area contributed by atoms with Crippen molar-refractivity contribution < 1.29 is 8.78 Å². The van der Waals surface area contributed by atoms with Crippen molar-refractivity contribution in [3.63, 3.8) is 0 Å². The zero-order valence-corrected chi connectivity index (χ0v) is 14.1. The van der Waals surface area contributed by atoms with Gasteiger partial charge in [-0.15, -0.1) is 0 Å². The first kappa shape index (κ1) is 17.4. The quantitative estimate of drug-likeness (QED) is 0.495. The summed E-state index contributed by atoms with van der Waals surface area (Å²) in [4.78, 5) is 0. The van der Waals surface area contributed by atoms with Crippen LogP contribution >= 0.6 is 0 Å². The van der Waals surface area contributed by atoms with Crippen LogP contribution in [0.3, 0.4) is 0 Å². The van der Waals surface area contributed by atoms with Crippen LogP contribution in [-0.4, -0.2) is 0 Å². The second-order valence-corrected chi connectivity index (χ2v) is 7.32. The highest BCUT2D eigenvalue weighted by Crippen LogP contribution is 2.43. The SMILES string of the molecule is C=C(F)/C(F)=C\C(=C/C)C1CCC(C2CCC(C)CC2)CC1. The van der Waals surface area contributed by atoms with E-state index in [0.29, 0.717) is 5.92 Å². The Morgan fingerprint density at radius 1 is 0.909 bits per heavy atom. The first-order valence-electron chi connectivity index (χ1n) is 8.89. The standard InChI is InChI=1S/C20H30F2/c1-4-16(13-20(22)15(3)21)17-9-11-19(12-10-17)18-7-5-14(2)6-8-18/h4,13-14,17-19H,3,5-12H2,1-2H3/b16-4+,20-13+. The molecule has 2 aliphatic rings. The van der Waals surface area contributed by atoms with Crippen LogP contribution in [0, 0.1) is 23.7 Å². The molecule has 0 aromatic rings. The lowest BCUT2D eigenvalue weighted by Gasteiger charge is -2.37. The average Bonchev–Trinajstić information content (AvgIpc) is 2.53. The van der Waals surface area contributed by atoms with E-state index in [1.54, 1.807) is 0 Å². The maximum Gasteiger partial charge on any atom is 0.158 e. The molecule has 0 saturated heterocycles. The monoisotopic (exact) mass is 308 g/mol. The fourth-order valence-corrected chi connectivity index (χ4v) is 4.34. The zero-order valence-electron chi connectivity index (χ0n) is 14.1. The summed E-state index contributed by atoms with van der Waals surface area (Å²) in [5, 5.41) is 0. The predicted molar refractivity (Wildman–Crippen MR) is 89.8 cm³/mol. The Hall–Kier alpha value is -0.920. The van der Waals surface area contributed by atoms with Gasteiger partial charge in [-0.1, -0.05) is 32.4 Å². The number of hydrogen-bond acceptors (Lipinski definition) is 0. The molecule has 0 N–H and O–H groups in total. The Kier molecular flexibility index (Phi) is 6.40. The van der Waals surface area contributed by atoms with Crippen molar-refractivity contribution in [3.8, 4) is 0 Å². The molecule has 0 nitrogen and oxygen atoms in total. The highest BCUT2D eigenvalue weighted by atomic mass is 19.2. The third-order valence-corrected chi connectivity index (χ3v) is 5.86. The Labute approximate surface area is 134 Å². The highest BCUT2D eigenvalue weighted by Gasteiger charge is 2.30. The van der Waals surface area contributed by atoms with Crippen LogP contribution in [0.1, 0.15) is 65.2 Å². The van der Waals surface area contributed by atoms with E-state index in [1.165, 1.54) is 44.6 Å². The number of allylic oxidation sites excluding steroid dienone is 5. The van der Waals surface area contributed by atoms with Gasteiger partial charge in [-0.05, 0) is 80.8 Å². The first-order valence-corrected chi connectivity index (χ1v) is 8.89. The molecule has 2 heteroatoms. The lowest BCUT2D eigenvalue weighted by atomic mass is 9.68. The van der Waals surface area contributed by atoms with Crippen LogP contribution in [-0.2, 0) is 0 Å². The minimum absolute atomic E-state index is 0.383. The maximum absolute atomic E-state index is 13.5. The molecule has 0 aromatic heterocycles. The zero-order chi connectivity index (χ0) is 16.1. The van der Waals surface area contributed by atoms with Gasteiger partial charge >= 0.3 is 0 Å². The van der Waals surface area contributed by atoms with E-state index in [9.17, 15) is 8.78 Å². The van der Waals surface area contributed by atoms with Gasteiger partial charge in [-0.25, -0.2) is 8.78 Å². The number of rotatable bonds is 4. The minimum Gasteiger partial charge on any atom is -0.204 e. The molecule has 0 aromatic carbocycles. The third-order valence-electron chi connectivity index (χ3n) is 5.86. The first-order chi connectivity index (χ1) is 10.5. The third kappa shape index (κ3) is 4.54. The van der Waals surface area contributed by atoms with E-state index in [1.807, 2.05) is 13.0 Å². The van der Waals surface area contributed by atoms with Gasteiger partial charge < -0.3 is 0 Å². The molecule has 0 heterocycles. The summed E-state index contributed by atoms with van der Waals surface area (Å²) < 4.78 is 26.3. The van der Waals surface area contributed by atoms with Gasteiger partial charge in [-0.3, -0.25) is 0 Å². The van der Waals surface area contributed by atoms with Gasteiger partial charge in [0.2, 0.25) is 0 Å². The van der Waals surface area contributed by atoms with Crippen molar-refractivity contribution in [1.82, 2.24) is 0 Å². The summed E-state index contributed by atoms with van der Waals surface area (Å²) in [6.45, 7) is 7.31. The normalized spacial score (nSPS) is 34.5. The molecule has 0 unspecified atom stereocenters. The highest BCUT2D eigenvalue weighted by molar-refractivity contribution is 5.29. The van der Waals surface area contributed by atoms with Crippen LogP contribution in [0.2, 0.25) is 0 Å². The Balaban J connectivity index is 1.88. The van der Waals surface area contributed by atoms with Gasteiger partial charge in [0, 0.05) is 0 Å². The second kappa shape index (κ2) is 8.08. The fourth-order valence-electron chi connectivity index (χ4n) is 4.34. The van der Waals surface area contributed by atoms with E-state index >= 15 is 0 Å². The number of halogens is 2. The minimum atomic E-state index is -0.968. The van der Waals surface area contributed by atoms with Crippen molar-refractivity contribution in [2.24, 2.45) is 23.7 Å². The molecule has 0 bridgehead atoms. The van der Waals surface area contributed by atoms with Crippen molar-refractivity contribution in [3.05, 3.63) is 36.0 Å². The molecular formula is C20H30F2. The van der Waals surface area contributed by atoms with Gasteiger partial charge in [0.15, 0.2) is 11.7 Å². The molecule has 0 amide bonds. The van der Waals surface area contributed by atoms with Gasteiger partial charge in [0.05, 0.1) is 0 Å². The molecule has 2 aliphatic carbocycles. The van der Waals surface area contributed by atoms with E-state index < -0.39 is 11.7 Å². The van der Waals surface area contributed by atoms with Crippen LogP contribution < -0.4 is 0 Å². The molecule has 0 spiro atoms. The molecule has 0 radical (unpaired) electrons. The lowest BCUT2D eigenvalue weighted by molar-refractivity contribution is 0.159. The van der Waals surface area contributed by atoms with Gasteiger partial charge in [0.1, 0.15) is 0 Å². The van der Waals surface area contributed by atoms with Crippen LogP contribution in [0.15, 0.2) is 36.0 Å².